The molecule has 2 nitrogen and oxygen atoms in total. The number of anilines is 1. The van der Waals surface area contributed by atoms with Gasteiger partial charge in [-0.1, -0.05) is 41.9 Å². The molecule has 1 unspecified atom stereocenters. The van der Waals surface area contributed by atoms with Crippen molar-refractivity contribution in [2.24, 2.45) is 5.92 Å². The van der Waals surface area contributed by atoms with Crippen LogP contribution in [0.4, 0.5) is 5.69 Å². The standard InChI is InChI=1S/C17H18ClNO/c18-16-6-7-17-15(9-16)8-14(12-20)11-19(17)10-13-4-2-1-3-5-13/h1-7,9,14,20H,8,10-12H2. The Labute approximate surface area is 124 Å². The maximum Gasteiger partial charge on any atom is 0.0479 e. The van der Waals surface area contributed by atoms with Gasteiger partial charge in [-0.3, -0.25) is 0 Å². The lowest BCUT2D eigenvalue weighted by atomic mass is 9.92. The summed E-state index contributed by atoms with van der Waals surface area (Å²) in [6, 6.07) is 16.5. The number of aliphatic hydroxyl groups is 1. The molecule has 3 rings (SSSR count). The summed E-state index contributed by atoms with van der Waals surface area (Å²) in [5.41, 5.74) is 3.76. The smallest absolute Gasteiger partial charge is 0.0479 e. The molecule has 2 aromatic carbocycles. The van der Waals surface area contributed by atoms with E-state index in [4.69, 9.17) is 11.6 Å². The lowest BCUT2D eigenvalue weighted by Crippen LogP contribution is -2.36. The molecule has 0 saturated carbocycles. The van der Waals surface area contributed by atoms with E-state index in [2.05, 4.69) is 35.2 Å². The highest BCUT2D eigenvalue weighted by molar-refractivity contribution is 6.30. The average Bonchev–Trinajstić information content (AvgIpc) is 2.47. The molecular weight excluding hydrogens is 270 g/mol. The zero-order chi connectivity index (χ0) is 13.9. The van der Waals surface area contributed by atoms with E-state index in [1.807, 2.05) is 18.2 Å². The second-order valence-corrected chi connectivity index (χ2v) is 5.83. The van der Waals surface area contributed by atoms with E-state index in [0.717, 1.165) is 24.5 Å². The molecule has 0 bridgehead atoms. The summed E-state index contributed by atoms with van der Waals surface area (Å²) in [5, 5.41) is 10.3. The number of aliphatic hydroxyl groups excluding tert-OH is 1. The van der Waals surface area contributed by atoms with Gasteiger partial charge in [0.15, 0.2) is 0 Å². The predicted molar refractivity (Wildman–Crippen MR) is 83.2 cm³/mol. The number of nitrogens with zero attached hydrogens (tertiary/aromatic N) is 1. The van der Waals surface area contributed by atoms with Crippen LogP contribution >= 0.6 is 11.6 Å². The predicted octanol–water partition coefficient (Wildman–Crippen LogP) is 3.51. The molecule has 1 heterocycles. The minimum atomic E-state index is 0.219. The molecule has 0 amide bonds. The Morgan fingerprint density at radius 2 is 1.95 bits per heavy atom. The van der Waals surface area contributed by atoms with Crippen LogP contribution in [0.1, 0.15) is 11.1 Å². The normalized spacial score (nSPS) is 17.9. The fraction of sp³-hybridized carbons (Fsp3) is 0.294. The third kappa shape index (κ3) is 2.82. The first kappa shape index (κ1) is 13.5. The molecule has 0 aromatic heterocycles. The summed E-state index contributed by atoms with van der Waals surface area (Å²) < 4.78 is 0. The lowest BCUT2D eigenvalue weighted by molar-refractivity contribution is 0.223. The summed E-state index contributed by atoms with van der Waals surface area (Å²) >= 11 is 6.09. The summed E-state index contributed by atoms with van der Waals surface area (Å²) in [6.45, 7) is 1.98. The molecule has 0 fully saturated rings. The van der Waals surface area contributed by atoms with Crippen molar-refractivity contribution in [2.45, 2.75) is 13.0 Å². The van der Waals surface area contributed by atoms with E-state index in [9.17, 15) is 5.11 Å². The van der Waals surface area contributed by atoms with Crippen molar-refractivity contribution in [1.29, 1.82) is 0 Å². The van der Waals surface area contributed by atoms with Crippen LogP contribution < -0.4 is 4.90 Å². The Morgan fingerprint density at radius 1 is 1.15 bits per heavy atom. The van der Waals surface area contributed by atoms with Crippen molar-refractivity contribution < 1.29 is 5.11 Å². The summed E-state index contributed by atoms with van der Waals surface area (Å²) in [5.74, 6) is 0.282. The molecular formula is C17H18ClNO. The van der Waals surface area contributed by atoms with E-state index < -0.39 is 0 Å². The fourth-order valence-electron chi connectivity index (χ4n) is 2.89. The van der Waals surface area contributed by atoms with Crippen molar-refractivity contribution in [1.82, 2.24) is 0 Å². The minimum Gasteiger partial charge on any atom is -0.396 e. The largest absolute Gasteiger partial charge is 0.396 e. The highest BCUT2D eigenvalue weighted by atomic mass is 35.5. The second kappa shape index (κ2) is 5.86. The first-order valence-electron chi connectivity index (χ1n) is 6.94. The monoisotopic (exact) mass is 287 g/mol. The van der Waals surface area contributed by atoms with Gasteiger partial charge in [-0.15, -0.1) is 0 Å². The highest BCUT2D eigenvalue weighted by Crippen LogP contribution is 2.32. The Bertz CT molecular complexity index is 585. The fourth-order valence-corrected chi connectivity index (χ4v) is 3.08. The van der Waals surface area contributed by atoms with Gasteiger partial charge in [0.2, 0.25) is 0 Å². The van der Waals surface area contributed by atoms with Gasteiger partial charge in [-0.05, 0) is 35.7 Å². The zero-order valence-corrected chi connectivity index (χ0v) is 12.1. The van der Waals surface area contributed by atoms with Crippen LogP contribution in [0.2, 0.25) is 5.02 Å². The first-order valence-corrected chi connectivity index (χ1v) is 7.32. The van der Waals surface area contributed by atoms with Crippen LogP contribution in [0, 0.1) is 5.92 Å². The van der Waals surface area contributed by atoms with Crippen LogP contribution in [0.25, 0.3) is 0 Å². The van der Waals surface area contributed by atoms with E-state index in [-0.39, 0.29) is 12.5 Å². The third-order valence-corrected chi connectivity index (χ3v) is 4.08. The Morgan fingerprint density at radius 3 is 2.70 bits per heavy atom. The lowest BCUT2D eigenvalue weighted by Gasteiger charge is -2.35. The van der Waals surface area contributed by atoms with E-state index in [0.29, 0.717) is 0 Å². The highest BCUT2D eigenvalue weighted by Gasteiger charge is 2.24. The minimum absolute atomic E-state index is 0.219. The van der Waals surface area contributed by atoms with Crippen LogP contribution in [0.15, 0.2) is 48.5 Å². The molecule has 1 atom stereocenters. The van der Waals surface area contributed by atoms with Gasteiger partial charge >= 0.3 is 0 Å². The Hall–Kier alpha value is -1.51. The van der Waals surface area contributed by atoms with Gasteiger partial charge in [-0.25, -0.2) is 0 Å². The van der Waals surface area contributed by atoms with Gasteiger partial charge in [0.1, 0.15) is 0 Å². The molecule has 3 heteroatoms. The van der Waals surface area contributed by atoms with Crippen molar-refractivity contribution in [2.75, 3.05) is 18.1 Å². The van der Waals surface area contributed by atoms with E-state index in [1.54, 1.807) is 0 Å². The van der Waals surface area contributed by atoms with E-state index in [1.165, 1.54) is 16.8 Å². The van der Waals surface area contributed by atoms with Crippen molar-refractivity contribution in [3.8, 4) is 0 Å². The second-order valence-electron chi connectivity index (χ2n) is 5.39. The van der Waals surface area contributed by atoms with Crippen molar-refractivity contribution >= 4 is 17.3 Å². The van der Waals surface area contributed by atoms with Gasteiger partial charge in [0.05, 0.1) is 0 Å². The van der Waals surface area contributed by atoms with Gasteiger partial charge in [0.25, 0.3) is 0 Å². The van der Waals surface area contributed by atoms with Gasteiger partial charge in [-0.2, -0.15) is 0 Å². The third-order valence-electron chi connectivity index (χ3n) is 3.84. The Balaban J connectivity index is 1.90. The van der Waals surface area contributed by atoms with Crippen molar-refractivity contribution in [3.63, 3.8) is 0 Å². The van der Waals surface area contributed by atoms with Gasteiger partial charge in [0, 0.05) is 36.3 Å². The SMILES string of the molecule is OCC1Cc2cc(Cl)ccc2N(Cc2ccccc2)C1. The maximum atomic E-state index is 9.51. The number of fused-ring (bicyclic) bond motifs is 1. The summed E-state index contributed by atoms with van der Waals surface area (Å²) in [7, 11) is 0. The quantitative estimate of drug-likeness (QED) is 0.934. The number of hydrogen-bond acceptors (Lipinski definition) is 2. The summed E-state index contributed by atoms with van der Waals surface area (Å²) in [6.07, 6.45) is 0.900. The zero-order valence-electron chi connectivity index (χ0n) is 11.3. The average molecular weight is 288 g/mol. The molecule has 20 heavy (non-hydrogen) atoms. The Kier molecular flexibility index (Phi) is 3.95. The van der Waals surface area contributed by atoms with Crippen LogP contribution in [-0.2, 0) is 13.0 Å². The molecule has 1 N–H and O–H groups in total. The summed E-state index contributed by atoms with van der Waals surface area (Å²) in [4.78, 5) is 2.34. The number of halogens is 1. The number of hydrogen-bond donors (Lipinski definition) is 1. The number of rotatable bonds is 3. The molecule has 1 aliphatic rings. The van der Waals surface area contributed by atoms with Crippen LogP contribution in [-0.4, -0.2) is 18.3 Å². The molecule has 0 aliphatic carbocycles. The molecule has 0 spiro atoms. The van der Waals surface area contributed by atoms with E-state index >= 15 is 0 Å². The van der Waals surface area contributed by atoms with Crippen molar-refractivity contribution in [3.05, 3.63) is 64.7 Å². The molecule has 0 radical (unpaired) electrons. The molecule has 1 aliphatic heterocycles. The van der Waals surface area contributed by atoms with Crippen LogP contribution in [0.5, 0.6) is 0 Å². The topological polar surface area (TPSA) is 23.5 Å². The first-order chi connectivity index (χ1) is 9.76. The molecule has 104 valence electrons. The number of benzene rings is 2. The molecule has 0 saturated heterocycles. The maximum absolute atomic E-state index is 9.51. The van der Waals surface area contributed by atoms with Crippen LogP contribution in [0.3, 0.4) is 0 Å². The molecule has 2 aromatic rings. The van der Waals surface area contributed by atoms with Gasteiger partial charge < -0.3 is 10.0 Å².